The van der Waals surface area contributed by atoms with Crippen molar-refractivity contribution in [1.29, 1.82) is 0 Å². The number of esters is 2. The highest BCUT2D eigenvalue weighted by Gasteiger charge is 2.60. The first kappa shape index (κ1) is 15.3. The minimum atomic E-state index is -0.791. The smallest absolute Gasteiger partial charge is 0.334 e. The molecule has 0 aromatic heterocycles. The van der Waals surface area contributed by atoms with Crippen molar-refractivity contribution in [2.45, 2.75) is 51.4 Å². The third-order valence-corrected chi connectivity index (χ3v) is 5.63. The van der Waals surface area contributed by atoms with Crippen molar-refractivity contribution >= 4 is 11.9 Å². The highest BCUT2D eigenvalue weighted by molar-refractivity contribution is 5.91. The Morgan fingerprint density at radius 1 is 1.45 bits per heavy atom. The van der Waals surface area contributed by atoms with Crippen LogP contribution in [0.3, 0.4) is 0 Å². The molecule has 0 radical (unpaired) electrons. The van der Waals surface area contributed by atoms with Crippen LogP contribution in [0.1, 0.15) is 33.1 Å². The molecule has 3 aliphatic rings. The van der Waals surface area contributed by atoms with Crippen LogP contribution in [0.15, 0.2) is 24.3 Å². The van der Waals surface area contributed by atoms with E-state index in [-0.39, 0.29) is 23.9 Å². The van der Waals surface area contributed by atoms with E-state index in [9.17, 15) is 14.7 Å². The normalized spacial score (nSPS) is 44.1. The maximum atomic E-state index is 11.8. The first-order chi connectivity index (χ1) is 10.3. The molecule has 3 rings (SSSR count). The number of ether oxygens (including phenoxy) is 2. The SMILES string of the molecule is C=C1C[C@@H](OC(C)=O)[C@@H](O)[C@]2(C)CC[C@H]3C(=C)C(=O)O[C@@H]3[C@@H]12. The number of fused-ring (bicyclic) bond motifs is 3. The van der Waals surface area contributed by atoms with E-state index in [1.165, 1.54) is 6.92 Å². The molecule has 0 amide bonds. The average Bonchev–Trinajstić information content (AvgIpc) is 2.70. The molecule has 5 nitrogen and oxygen atoms in total. The second-order valence-corrected chi connectivity index (χ2v) is 6.98. The van der Waals surface area contributed by atoms with E-state index in [2.05, 4.69) is 13.2 Å². The lowest BCUT2D eigenvalue weighted by Crippen LogP contribution is -2.58. The summed E-state index contributed by atoms with van der Waals surface area (Å²) in [6.07, 6.45) is 0.169. The lowest BCUT2D eigenvalue weighted by Gasteiger charge is -2.54. The van der Waals surface area contributed by atoms with Crippen LogP contribution in [0.5, 0.6) is 0 Å². The summed E-state index contributed by atoms with van der Waals surface area (Å²) in [7, 11) is 0. The average molecular weight is 306 g/mol. The lowest BCUT2D eigenvalue weighted by atomic mass is 9.53. The Hall–Kier alpha value is -1.62. The van der Waals surface area contributed by atoms with Crippen LogP contribution in [0.4, 0.5) is 0 Å². The molecule has 0 spiro atoms. The summed E-state index contributed by atoms with van der Waals surface area (Å²) in [5.74, 6) is -0.882. The molecule has 0 bridgehead atoms. The van der Waals surface area contributed by atoms with Gasteiger partial charge in [0.1, 0.15) is 12.2 Å². The fourth-order valence-corrected chi connectivity index (χ4v) is 4.54. The van der Waals surface area contributed by atoms with E-state index < -0.39 is 23.6 Å². The molecule has 22 heavy (non-hydrogen) atoms. The molecule has 0 unspecified atom stereocenters. The maximum absolute atomic E-state index is 11.8. The molecule has 5 heteroatoms. The first-order valence-electron chi connectivity index (χ1n) is 7.68. The van der Waals surface area contributed by atoms with Crippen LogP contribution in [0, 0.1) is 17.3 Å². The van der Waals surface area contributed by atoms with E-state index in [0.717, 1.165) is 12.0 Å². The Labute approximate surface area is 130 Å². The zero-order valence-corrected chi connectivity index (χ0v) is 13.0. The summed E-state index contributed by atoms with van der Waals surface area (Å²) in [4.78, 5) is 23.1. The Kier molecular flexibility index (Phi) is 3.44. The molecule has 120 valence electrons. The Bertz CT molecular complexity index is 565. The van der Waals surface area contributed by atoms with E-state index in [0.29, 0.717) is 18.4 Å². The molecular formula is C17H22O5. The summed E-state index contributed by atoms with van der Waals surface area (Å²) in [6.45, 7) is 11.3. The van der Waals surface area contributed by atoms with Crippen molar-refractivity contribution in [3.05, 3.63) is 24.3 Å². The van der Waals surface area contributed by atoms with Gasteiger partial charge in [-0.2, -0.15) is 0 Å². The van der Waals surface area contributed by atoms with E-state index in [1.54, 1.807) is 0 Å². The predicted octanol–water partition coefficient (Wildman–Crippen LogP) is 1.75. The van der Waals surface area contributed by atoms with Crippen LogP contribution in [0.2, 0.25) is 0 Å². The van der Waals surface area contributed by atoms with Gasteiger partial charge >= 0.3 is 11.9 Å². The summed E-state index contributed by atoms with van der Waals surface area (Å²) in [6, 6.07) is 0. The molecule has 1 N–H and O–H groups in total. The van der Waals surface area contributed by atoms with Gasteiger partial charge in [0.15, 0.2) is 0 Å². The minimum absolute atomic E-state index is 0.000185. The third kappa shape index (κ3) is 2.02. The van der Waals surface area contributed by atoms with Gasteiger partial charge < -0.3 is 14.6 Å². The lowest BCUT2D eigenvalue weighted by molar-refractivity contribution is -0.179. The van der Waals surface area contributed by atoms with Gasteiger partial charge in [-0.3, -0.25) is 4.79 Å². The number of hydrogen-bond acceptors (Lipinski definition) is 5. The van der Waals surface area contributed by atoms with Crippen LogP contribution in [-0.4, -0.2) is 35.4 Å². The Morgan fingerprint density at radius 3 is 2.77 bits per heavy atom. The molecule has 2 aliphatic carbocycles. The van der Waals surface area contributed by atoms with Gasteiger partial charge in [-0.05, 0) is 12.8 Å². The van der Waals surface area contributed by atoms with Crippen molar-refractivity contribution in [1.82, 2.24) is 0 Å². The molecular weight excluding hydrogens is 284 g/mol. The van der Waals surface area contributed by atoms with E-state index >= 15 is 0 Å². The monoisotopic (exact) mass is 306 g/mol. The molecule has 1 aliphatic heterocycles. The van der Waals surface area contributed by atoms with Crippen molar-refractivity contribution in [2.75, 3.05) is 0 Å². The molecule has 6 atom stereocenters. The number of carbonyl (C=O) groups excluding carboxylic acids is 2. The van der Waals surface area contributed by atoms with Crippen molar-refractivity contribution in [3.8, 4) is 0 Å². The zero-order chi connectivity index (χ0) is 16.2. The maximum Gasteiger partial charge on any atom is 0.334 e. The number of rotatable bonds is 1. The standard InChI is InChI=1S/C17H22O5/c1-8-7-12(21-10(3)18)15(19)17(4)6-5-11-9(2)16(20)22-14(11)13(8)17/h11-15,19H,1-2,5-7H2,3-4H3/t11-,12+,13+,14-,15+,17+/m0/s1. The third-order valence-electron chi connectivity index (χ3n) is 5.63. The molecule has 3 fully saturated rings. The zero-order valence-electron chi connectivity index (χ0n) is 13.0. The first-order valence-corrected chi connectivity index (χ1v) is 7.68. The van der Waals surface area contributed by atoms with Gasteiger partial charge in [0.25, 0.3) is 0 Å². The topological polar surface area (TPSA) is 72.8 Å². The number of aliphatic hydroxyl groups excluding tert-OH is 1. The molecule has 0 aromatic carbocycles. The fraction of sp³-hybridized carbons (Fsp3) is 0.647. The highest BCUT2D eigenvalue weighted by Crippen LogP contribution is 2.57. The van der Waals surface area contributed by atoms with Crippen LogP contribution < -0.4 is 0 Å². The second kappa shape index (κ2) is 4.95. The van der Waals surface area contributed by atoms with Crippen molar-refractivity contribution in [3.63, 3.8) is 0 Å². The summed E-state index contributed by atoms with van der Waals surface area (Å²) in [5, 5.41) is 10.8. The Morgan fingerprint density at radius 2 is 2.14 bits per heavy atom. The van der Waals surface area contributed by atoms with Gasteiger partial charge in [-0.1, -0.05) is 25.7 Å². The Balaban J connectivity index is 1.93. The number of hydrogen-bond donors (Lipinski definition) is 1. The minimum Gasteiger partial charge on any atom is -0.459 e. The van der Waals surface area contributed by atoms with Crippen LogP contribution >= 0.6 is 0 Å². The van der Waals surface area contributed by atoms with Crippen LogP contribution in [-0.2, 0) is 19.1 Å². The van der Waals surface area contributed by atoms with E-state index in [1.807, 2.05) is 6.92 Å². The quantitative estimate of drug-likeness (QED) is 0.454. The van der Waals surface area contributed by atoms with Gasteiger partial charge in [0.05, 0.1) is 6.10 Å². The van der Waals surface area contributed by atoms with Crippen LogP contribution in [0.25, 0.3) is 0 Å². The number of aliphatic hydroxyl groups is 1. The molecule has 0 aromatic rings. The summed E-state index contributed by atoms with van der Waals surface area (Å²) < 4.78 is 10.8. The van der Waals surface area contributed by atoms with Crippen molar-refractivity contribution < 1.29 is 24.2 Å². The largest absolute Gasteiger partial charge is 0.459 e. The van der Waals surface area contributed by atoms with Crippen molar-refractivity contribution in [2.24, 2.45) is 17.3 Å². The molecule has 2 saturated carbocycles. The second-order valence-electron chi connectivity index (χ2n) is 6.98. The summed E-state index contributed by atoms with van der Waals surface area (Å²) in [5.41, 5.74) is 0.884. The predicted molar refractivity (Wildman–Crippen MR) is 78.7 cm³/mol. The molecule has 1 heterocycles. The molecule has 1 saturated heterocycles. The van der Waals surface area contributed by atoms with E-state index in [4.69, 9.17) is 9.47 Å². The highest BCUT2D eigenvalue weighted by atomic mass is 16.6. The van der Waals surface area contributed by atoms with Gasteiger partial charge in [-0.15, -0.1) is 0 Å². The fourth-order valence-electron chi connectivity index (χ4n) is 4.54. The number of carbonyl (C=O) groups is 2. The van der Waals surface area contributed by atoms with Gasteiger partial charge in [0.2, 0.25) is 0 Å². The van der Waals surface area contributed by atoms with Gasteiger partial charge in [-0.25, -0.2) is 4.79 Å². The van der Waals surface area contributed by atoms with Gasteiger partial charge in [0, 0.05) is 36.2 Å². The summed E-state index contributed by atoms with van der Waals surface area (Å²) >= 11 is 0.